The Morgan fingerprint density at radius 1 is 1.30 bits per heavy atom. The first-order valence-electron chi connectivity index (χ1n) is 7.18. The highest BCUT2D eigenvalue weighted by molar-refractivity contribution is 7.99. The van der Waals surface area contributed by atoms with Crippen LogP contribution in [0, 0.1) is 0 Å². The van der Waals surface area contributed by atoms with E-state index in [2.05, 4.69) is 20.8 Å². The first kappa shape index (κ1) is 19.7. The van der Waals surface area contributed by atoms with Crippen molar-refractivity contribution in [3.05, 3.63) is 29.8 Å². The molecule has 2 rings (SSSR count). The Bertz CT molecular complexity index is 552. The fraction of sp³-hybridized carbons (Fsp3) is 0.500. The number of hydrogen-bond acceptors (Lipinski definition) is 7. The van der Waals surface area contributed by atoms with E-state index >= 15 is 0 Å². The molecule has 0 aliphatic rings. The van der Waals surface area contributed by atoms with Crippen LogP contribution in [0.1, 0.15) is 12.0 Å². The molecule has 0 fully saturated rings. The number of aliphatic hydroxyl groups excluding tert-OH is 1. The van der Waals surface area contributed by atoms with Gasteiger partial charge in [0.25, 0.3) is 0 Å². The highest BCUT2D eigenvalue weighted by Gasteiger charge is 2.01. The molecule has 0 bridgehead atoms. The number of tetrazole rings is 1. The van der Waals surface area contributed by atoms with E-state index < -0.39 is 0 Å². The zero-order chi connectivity index (χ0) is 15.6. The van der Waals surface area contributed by atoms with Gasteiger partial charge < -0.3 is 15.2 Å². The molecule has 0 unspecified atom stereocenters. The average Bonchev–Trinajstić information content (AvgIpc) is 2.95. The molecule has 128 valence electrons. The second-order valence-electron chi connectivity index (χ2n) is 4.68. The summed E-state index contributed by atoms with van der Waals surface area (Å²) in [7, 11) is 1.84. The van der Waals surface area contributed by atoms with Crippen LogP contribution < -0.4 is 10.1 Å². The van der Waals surface area contributed by atoms with Crippen molar-refractivity contribution in [2.75, 3.05) is 25.5 Å². The number of halogens is 1. The van der Waals surface area contributed by atoms with Gasteiger partial charge in [0.1, 0.15) is 12.4 Å². The van der Waals surface area contributed by atoms with Crippen molar-refractivity contribution in [1.82, 2.24) is 25.5 Å². The lowest BCUT2D eigenvalue weighted by Crippen LogP contribution is -2.15. The van der Waals surface area contributed by atoms with E-state index in [1.165, 1.54) is 5.56 Å². The number of nitrogens with one attached hydrogen (secondary N) is 1. The van der Waals surface area contributed by atoms with E-state index in [9.17, 15) is 0 Å². The lowest BCUT2D eigenvalue weighted by molar-refractivity contribution is 0.201. The Balaban J connectivity index is 0.00000264. The molecule has 0 saturated carbocycles. The van der Waals surface area contributed by atoms with Gasteiger partial charge in [-0.1, -0.05) is 23.9 Å². The van der Waals surface area contributed by atoms with E-state index in [4.69, 9.17) is 9.84 Å². The minimum Gasteiger partial charge on any atom is -0.491 e. The largest absolute Gasteiger partial charge is 0.491 e. The molecule has 0 saturated heterocycles. The van der Waals surface area contributed by atoms with E-state index in [0.29, 0.717) is 6.61 Å². The highest BCUT2D eigenvalue weighted by Crippen LogP contribution is 2.13. The quantitative estimate of drug-likeness (QED) is 0.488. The fourth-order valence-electron chi connectivity index (χ4n) is 1.80. The summed E-state index contributed by atoms with van der Waals surface area (Å²) in [5.74, 6) is 1.77. The van der Waals surface area contributed by atoms with Gasteiger partial charge in [0, 0.05) is 19.3 Å². The number of thioether (sulfide) groups is 1. The van der Waals surface area contributed by atoms with Crippen molar-refractivity contribution in [2.45, 2.75) is 18.1 Å². The van der Waals surface area contributed by atoms with Crippen LogP contribution in [0.25, 0.3) is 0 Å². The summed E-state index contributed by atoms with van der Waals surface area (Å²) >= 11 is 1.66. The average molecular weight is 360 g/mol. The van der Waals surface area contributed by atoms with Gasteiger partial charge in [0.05, 0.1) is 6.61 Å². The van der Waals surface area contributed by atoms with Gasteiger partial charge in [-0.3, -0.25) is 0 Å². The minimum absolute atomic E-state index is 0. The van der Waals surface area contributed by atoms with Gasteiger partial charge in [0.2, 0.25) is 5.16 Å². The van der Waals surface area contributed by atoms with Gasteiger partial charge >= 0.3 is 0 Å². The van der Waals surface area contributed by atoms with Crippen LogP contribution in [0.4, 0.5) is 0 Å². The Labute approximate surface area is 146 Å². The second kappa shape index (κ2) is 11.2. The number of ether oxygens (including phenoxy) is 1. The summed E-state index contributed by atoms with van der Waals surface area (Å²) in [6.07, 6.45) is 1.05. The molecule has 9 heteroatoms. The maximum absolute atomic E-state index is 8.70. The van der Waals surface area contributed by atoms with Crippen LogP contribution in [0.3, 0.4) is 0 Å². The monoisotopic (exact) mass is 359 g/mol. The Kier molecular flexibility index (Phi) is 9.61. The summed E-state index contributed by atoms with van der Waals surface area (Å²) in [5.41, 5.74) is 1.21. The third-order valence-electron chi connectivity index (χ3n) is 2.92. The number of benzene rings is 1. The number of aliphatic hydroxyl groups is 1. The Morgan fingerprint density at radius 3 is 2.74 bits per heavy atom. The van der Waals surface area contributed by atoms with Crippen LogP contribution in [0.15, 0.2) is 29.4 Å². The van der Waals surface area contributed by atoms with Crippen molar-refractivity contribution < 1.29 is 9.84 Å². The molecular weight excluding hydrogens is 338 g/mol. The predicted octanol–water partition coefficient (Wildman–Crippen LogP) is 1.27. The van der Waals surface area contributed by atoms with Crippen LogP contribution in [0.2, 0.25) is 0 Å². The summed E-state index contributed by atoms with van der Waals surface area (Å²) in [6.45, 7) is 2.14. The molecule has 2 aromatic rings. The van der Waals surface area contributed by atoms with E-state index in [1.54, 1.807) is 16.4 Å². The first-order valence-corrected chi connectivity index (χ1v) is 8.16. The molecule has 0 spiro atoms. The van der Waals surface area contributed by atoms with Gasteiger partial charge in [-0.05, 0) is 41.1 Å². The summed E-state index contributed by atoms with van der Waals surface area (Å²) in [6, 6.07) is 7.90. The predicted molar refractivity (Wildman–Crippen MR) is 92.1 cm³/mol. The van der Waals surface area contributed by atoms with E-state index in [1.807, 2.05) is 31.3 Å². The number of aromatic nitrogens is 4. The molecule has 1 aromatic carbocycles. The van der Waals surface area contributed by atoms with Gasteiger partial charge in [-0.25, -0.2) is 4.68 Å². The number of rotatable bonds is 10. The van der Waals surface area contributed by atoms with Gasteiger partial charge in [0.15, 0.2) is 0 Å². The third kappa shape index (κ3) is 7.17. The molecule has 0 atom stereocenters. The van der Waals surface area contributed by atoms with Crippen LogP contribution in [-0.4, -0.2) is 50.8 Å². The molecule has 23 heavy (non-hydrogen) atoms. The molecule has 1 aromatic heterocycles. The fourth-order valence-corrected chi connectivity index (χ4v) is 2.59. The van der Waals surface area contributed by atoms with E-state index in [0.717, 1.165) is 36.2 Å². The maximum Gasteiger partial charge on any atom is 0.209 e. The minimum atomic E-state index is 0. The normalized spacial score (nSPS) is 10.3. The molecule has 0 aliphatic carbocycles. The second-order valence-corrected chi connectivity index (χ2v) is 5.74. The highest BCUT2D eigenvalue weighted by atomic mass is 35.5. The SMILES string of the molecule is Cl.Cn1nnnc1SCCCNCc1ccc(OCCO)cc1. The topological polar surface area (TPSA) is 85.1 Å². The van der Waals surface area contributed by atoms with Crippen molar-refractivity contribution in [3.8, 4) is 5.75 Å². The Morgan fingerprint density at radius 2 is 2.09 bits per heavy atom. The molecule has 0 aliphatic heterocycles. The summed E-state index contributed by atoms with van der Waals surface area (Å²) in [4.78, 5) is 0. The van der Waals surface area contributed by atoms with E-state index in [-0.39, 0.29) is 19.0 Å². The molecule has 7 nitrogen and oxygen atoms in total. The van der Waals surface area contributed by atoms with Gasteiger partial charge in [-0.2, -0.15) is 0 Å². The van der Waals surface area contributed by atoms with Crippen molar-refractivity contribution in [2.24, 2.45) is 7.05 Å². The molecule has 0 amide bonds. The maximum atomic E-state index is 8.70. The zero-order valence-corrected chi connectivity index (χ0v) is 14.6. The standard InChI is InChI=1S/C14H21N5O2S.ClH/c1-19-14(16-17-18-19)22-10-2-7-15-11-12-3-5-13(6-4-12)21-9-8-20;/h3-6,15,20H,2,7-11H2,1H3;1H. The molecule has 1 heterocycles. The summed E-state index contributed by atoms with van der Waals surface area (Å²) in [5, 5.41) is 24.3. The number of nitrogens with zero attached hydrogens (tertiary/aromatic N) is 4. The number of hydrogen-bond donors (Lipinski definition) is 2. The van der Waals surface area contributed by atoms with Crippen LogP contribution >= 0.6 is 24.2 Å². The lowest BCUT2D eigenvalue weighted by Gasteiger charge is -2.07. The first-order chi connectivity index (χ1) is 10.8. The van der Waals surface area contributed by atoms with Crippen LogP contribution in [-0.2, 0) is 13.6 Å². The third-order valence-corrected chi connectivity index (χ3v) is 4.02. The smallest absolute Gasteiger partial charge is 0.209 e. The molecular formula is C14H22ClN5O2S. The molecule has 0 radical (unpaired) electrons. The summed E-state index contributed by atoms with van der Waals surface area (Å²) < 4.78 is 7.00. The molecule has 2 N–H and O–H groups in total. The van der Waals surface area contributed by atoms with Gasteiger partial charge in [-0.15, -0.1) is 17.5 Å². The zero-order valence-electron chi connectivity index (χ0n) is 13.0. The van der Waals surface area contributed by atoms with Crippen LogP contribution in [0.5, 0.6) is 5.75 Å². The van der Waals surface area contributed by atoms with Crippen molar-refractivity contribution in [1.29, 1.82) is 0 Å². The number of aryl methyl sites for hydroxylation is 1. The lowest BCUT2D eigenvalue weighted by atomic mass is 10.2. The van der Waals surface area contributed by atoms with Crippen molar-refractivity contribution in [3.63, 3.8) is 0 Å². The Hall–Kier alpha value is -1.35. The van der Waals surface area contributed by atoms with Crippen molar-refractivity contribution >= 4 is 24.2 Å².